The number of amides is 4. The molecule has 1 aliphatic rings. The minimum absolute atomic E-state index is 0.179. The van der Waals surface area contributed by atoms with Gasteiger partial charge in [0.1, 0.15) is 12.2 Å². The number of ether oxygens (including phenoxy) is 3. The van der Waals surface area contributed by atoms with Crippen LogP contribution >= 0.6 is 11.6 Å². The first-order valence-corrected chi connectivity index (χ1v) is 11.9. The number of urea groups is 1. The largest absolute Gasteiger partial charge is 0.490 e. The molecule has 1 heterocycles. The lowest BCUT2D eigenvalue weighted by molar-refractivity contribution is -0.122. The van der Waals surface area contributed by atoms with Crippen molar-refractivity contribution in [3.05, 3.63) is 94.0 Å². The number of halogens is 1. The summed E-state index contributed by atoms with van der Waals surface area (Å²) in [7, 11) is 1.25. The van der Waals surface area contributed by atoms with E-state index in [1.165, 1.54) is 37.5 Å². The molecule has 1 fully saturated rings. The zero-order valence-corrected chi connectivity index (χ0v) is 21.3. The minimum atomic E-state index is -0.900. The summed E-state index contributed by atoms with van der Waals surface area (Å²) < 4.78 is 16.3. The number of anilines is 1. The Balaban J connectivity index is 1.59. The molecule has 0 aliphatic carbocycles. The summed E-state index contributed by atoms with van der Waals surface area (Å²) in [5.41, 5.74) is 1.53. The Bertz CT molecular complexity index is 1430. The average Bonchev–Trinajstić information content (AvgIpc) is 2.90. The minimum Gasteiger partial charge on any atom is -0.490 e. The molecule has 0 radical (unpaired) electrons. The van der Waals surface area contributed by atoms with Crippen molar-refractivity contribution in [3.63, 3.8) is 0 Å². The fourth-order valence-corrected chi connectivity index (χ4v) is 3.93. The molecule has 1 N–H and O–H groups in total. The smallest absolute Gasteiger partial charge is 0.337 e. The van der Waals surface area contributed by atoms with Crippen molar-refractivity contribution in [2.24, 2.45) is 0 Å². The molecule has 194 valence electrons. The number of nitrogens with zero attached hydrogens (tertiary/aromatic N) is 1. The van der Waals surface area contributed by atoms with Gasteiger partial charge < -0.3 is 14.2 Å². The number of rotatable bonds is 8. The molecule has 38 heavy (non-hydrogen) atoms. The zero-order chi connectivity index (χ0) is 27.2. The fraction of sp³-hybridized carbons (Fsp3) is 0.143. The van der Waals surface area contributed by atoms with Crippen molar-refractivity contribution in [1.82, 2.24) is 5.32 Å². The summed E-state index contributed by atoms with van der Waals surface area (Å²) in [6, 6.07) is 17.0. The van der Waals surface area contributed by atoms with E-state index in [-0.39, 0.29) is 23.4 Å². The fourth-order valence-electron chi connectivity index (χ4n) is 3.71. The number of hydrogen-bond donors (Lipinski definition) is 1. The van der Waals surface area contributed by atoms with Crippen LogP contribution in [0, 0.1) is 0 Å². The van der Waals surface area contributed by atoms with E-state index in [2.05, 4.69) is 10.1 Å². The van der Waals surface area contributed by atoms with Gasteiger partial charge in [0, 0.05) is 5.02 Å². The number of methoxy groups -OCH3 is 1. The second-order valence-electron chi connectivity index (χ2n) is 8.05. The molecule has 3 aromatic carbocycles. The Morgan fingerprint density at radius 3 is 2.42 bits per heavy atom. The van der Waals surface area contributed by atoms with Gasteiger partial charge in [-0.2, -0.15) is 0 Å². The van der Waals surface area contributed by atoms with E-state index < -0.39 is 23.8 Å². The predicted molar refractivity (Wildman–Crippen MR) is 140 cm³/mol. The van der Waals surface area contributed by atoms with Crippen LogP contribution in [-0.4, -0.2) is 37.5 Å². The number of hydrogen-bond acceptors (Lipinski definition) is 7. The van der Waals surface area contributed by atoms with Crippen LogP contribution in [0.5, 0.6) is 11.5 Å². The third-order valence-electron chi connectivity index (χ3n) is 5.51. The van der Waals surface area contributed by atoms with Crippen LogP contribution in [0.1, 0.15) is 28.4 Å². The monoisotopic (exact) mass is 534 g/mol. The number of carbonyl (C=O) groups is 4. The third kappa shape index (κ3) is 5.84. The van der Waals surface area contributed by atoms with Gasteiger partial charge in [-0.1, -0.05) is 29.8 Å². The number of imide groups is 2. The topological polar surface area (TPSA) is 111 Å². The molecule has 4 rings (SSSR count). The maximum atomic E-state index is 13.2. The predicted octanol–water partition coefficient (Wildman–Crippen LogP) is 4.77. The lowest BCUT2D eigenvalue weighted by Gasteiger charge is -2.26. The van der Waals surface area contributed by atoms with Crippen molar-refractivity contribution in [2.75, 3.05) is 18.6 Å². The second-order valence-corrected chi connectivity index (χ2v) is 8.49. The van der Waals surface area contributed by atoms with E-state index in [0.29, 0.717) is 28.7 Å². The number of benzene rings is 3. The van der Waals surface area contributed by atoms with Crippen LogP contribution in [0.25, 0.3) is 6.08 Å². The van der Waals surface area contributed by atoms with Gasteiger partial charge >= 0.3 is 12.0 Å². The standard InChI is InChI=1S/C28H23ClN2O7/c1-3-37-24-15-17(7-12-23(24)38-16-18-5-4-6-20(29)13-18)14-22-25(32)30-28(35)31(26(22)33)21-10-8-19(9-11-21)27(34)36-2/h4-15H,3,16H2,1-2H3,(H,30,32,35)/b22-14+. The van der Waals surface area contributed by atoms with Gasteiger partial charge in [-0.3, -0.25) is 14.9 Å². The molecule has 4 amide bonds. The van der Waals surface area contributed by atoms with Crippen LogP contribution in [0.3, 0.4) is 0 Å². The van der Waals surface area contributed by atoms with E-state index >= 15 is 0 Å². The van der Waals surface area contributed by atoms with E-state index in [1.807, 2.05) is 19.1 Å². The maximum absolute atomic E-state index is 13.2. The number of esters is 1. The van der Waals surface area contributed by atoms with Crippen molar-refractivity contribution in [2.45, 2.75) is 13.5 Å². The summed E-state index contributed by atoms with van der Waals surface area (Å²) in [6.07, 6.45) is 1.36. The lowest BCUT2D eigenvalue weighted by atomic mass is 10.1. The molecule has 3 aromatic rings. The van der Waals surface area contributed by atoms with Gasteiger partial charge in [0.15, 0.2) is 11.5 Å². The van der Waals surface area contributed by atoms with Gasteiger partial charge in [-0.15, -0.1) is 0 Å². The van der Waals surface area contributed by atoms with E-state index in [0.717, 1.165) is 10.5 Å². The first kappa shape index (κ1) is 26.4. The Kier molecular flexibility index (Phi) is 8.08. The Morgan fingerprint density at radius 1 is 0.974 bits per heavy atom. The second kappa shape index (κ2) is 11.6. The molecule has 9 nitrogen and oxygen atoms in total. The summed E-state index contributed by atoms with van der Waals surface area (Å²) in [5.74, 6) is -1.33. The highest BCUT2D eigenvalue weighted by Gasteiger charge is 2.37. The molecule has 0 spiro atoms. The quantitative estimate of drug-likeness (QED) is 0.252. The van der Waals surface area contributed by atoms with Gasteiger partial charge in [0.25, 0.3) is 11.8 Å². The summed E-state index contributed by atoms with van der Waals surface area (Å²) in [6.45, 7) is 2.43. The highest BCUT2D eigenvalue weighted by molar-refractivity contribution is 6.39. The lowest BCUT2D eigenvalue weighted by Crippen LogP contribution is -2.54. The molecule has 0 aromatic heterocycles. The van der Waals surface area contributed by atoms with Crippen LogP contribution in [0.15, 0.2) is 72.3 Å². The number of nitrogens with one attached hydrogen (secondary N) is 1. The highest BCUT2D eigenvalue weighted by atomic mass is 35.5. The molecule has 0 saturated carbocycles. The first-order chi connectivity index (χ1) is 18.3. The summed E-state index contributed by atoms with van der Waals surface area (Å²) in [4.78, 5) is 50.8. The Hall–Kier alpha value is -4.63. The first-order valence-electron chi connectivity index (χ1n) is 11.5. The zero-order valence-electron chi connectivity index (χ0n) is 20.5. The molecule has 0 atom stereocenters. The van der Waals surface area contributed by atoms with Gasteiger partial charge in [0.2, 0.25) is 0 Å². The molecule has 1 saturated heterocycles. The van der Waals surface area contributed by atoms with E-state index in [4.69, 9.17) is 21.1 Å². The van der Waals surface area contributed by atoms with E-state index in [1.54, 1.807) is 30.3 Å². The summed E-state index contributed by atoms with van der Waals surface area (Å²) in [5, 5.41) is 2.77. The van der Waals surface area contributed by atoms with Gasteiger partial charge in [-0.05, 0) is 72.7 Å². The van der Waals surface area contributed by atoms with Crippen LogP contribution in [0.4, 0.5) is 10.5 Å². The van der Waals surface area contributed by atoms with Crippen molar-refractivity contribution in [1.29, 1.82) is 0 Å². The van der Waals surface area contributed by atoms with E-state index in [9.17, 15) is 19.2 Å². The molecule has 0 unspecified atom stereocenters. The maximum Gasteiger partial charge on any atom is 0.337 e. The van der Waals surface area contributed by atoms with Crippen molar-refractivity contribution in [3.8, 4) is 11.5 Å². The SMILES string of the molecule is CCOc1cc(/C=C2\C(=O)NC(=O)N(c3ccc(C(=O)OC)cc3)C2=O)ccc1OCc1cccc(Cl)c1. The number of barbiturate groups is 1. The van der Waals surface area contributed by atoms with Gasteiger partial charge in [0.05, 0.1) is 25.0 Å². The average molecular weight is 535 g/mol. The summed E-state index contributed by atoms with van der Waals surface area (Å²) >= 11 is 6.04. The molecule has 1 aliphatic heterocycles. The normalized spacial score (nSPS) is 14.3. The van der Waals surface area contributed by atoms with Gasteiger partial charge in [-0.25, -0.2) is 14.5 Å². The van der Waals surface area contributed by atoms with Crippen LogP contribution in [0.2, 0.25) is 5.02 Å². The molecular formula is C28H23ClN2O7. The molecule has 0 bridgehead atoms. The highest BCUT2D eigenvalue weighted by Crippen LogP contribution is 2.31. The van der Waals surface area contributed by atoms with Crippen molar-refractivity contribution < 1.29 is 33.4 Å². The Morgan fingerprint density at radius 2 is 1.74 bits per heavy atom. The van der Waals surface area contributed by atoms with Crippen LogP contribution < -0.4 is 19.7 Å². The molecule has 10 heteroatoms. The van der Waals surface area contributed by atoms with Crippen molar-refractivity contribution >= 4 is 47.2 Å². The third-order valence-corrected chi connectivity index (χ3v) is 5.75. The molecular weight excluding hydrogens is 512 g/mol. The Labute approximate surface area is 223 Å². The van der Waals surface area contributed by atoms with Crippen LogP contribution in [-0.2, 0) is 20.9 Å². The number of carbonyl (C=O) groups excluding carboxylic acids is 4.